The number of sulfone groups is 1. The van der Waals surface area contributed by atoms with Crippen LogP contribution in [0.25, 0.3) is 44.7 Å². The van der Waals surface area contributed by atoms with Gasteiger partial charge in [0.25, 0.3) is 0 Å². The number of imidazole rings is 2. The van der Waals surface area contributed by atoms with Crippen LogP contribution in [-0.2, 0) is 35.8 Å². The lowest BCUT2D eigenvalue weighted by Crippen LogP contribution is -1.98. The molecule has 9 aromatic rings. The molecule has 14 heteroatoms. The fraction of sp³-hybridized carbons (Fsp3) is 0.122. The van der Waals surface area contributed by atoms with Gasteiger partial charge >= 0.3 is 0 Å². The lowest BCUT2D eigenvalue weighted by Gasteiger charge is -2.06. The number of rotatable bonds is 10. The Morgan fingerprint density at radius 1 is 0.618 bits per heavy atom. The third kappa shape index (κ3) is 8.30. The van der Waals surface area contributed by atoms with E-state index < -0.39 is 9.84 Å². The Labute approximate surface area is 325 Å². The van der Waals surface area contributed by atoms with E-state index in [1.807, 2.05) is 55.9 Å². The highest BCUT2D eigenvalue weighted by Crippen LogP contribution is 2.28. The van der Waals surface area contributed by atoms with E-state index in [0.717, 1.165) is 69.4 Å². The van der Waals surface area contributed by atoms with E-state index in [4.69, 9.17) is 0 Å². The molecule has 6 aromatic heterocycles. The summed E-state index contributed by atoms with van der Waals surface area (Å²) >= 11 is 3.44. The maximum Gasteiger partial charge on any atom is 0.175 e. The maximum atomic E-state index is 11.9. The summed E-state index contributed by atoms with van der Waals surface area (Å²) in [6, 6.07) is 23.9. The molecule has 3 aromatic carbocycles. The third-order valence-corrected chi connectivity index (χ3v) is 10.9. The van der Waals surface area contributed by atoms with Crippen LogP contribution in [0.15, 0.2) is 157 Å². The lowest BCUT2D eigenvalue weighted by atomic mass is 10.1. The van der Waals surface area contributed by atoms with E-state index in [1.165, 1.54) is 17.4 Å². The zero-order valence-corrected chi connectivity index (χ0v) is 32.2. The molecule has 0 fully saturated rings. The van der Waals surface area contributed by atoms with Gasteiger partial charge in [-0.1, -0.05) is 60.7 Å². The highest BCUT2D eigenvalue weighted by Gasteiger charge is 2.13. The fourth-order valence-electron chi connectivity index (χ4n) is 6.20. The van der Waals surface area contributed by atoms with Gasteiger partial charge in [0, 0.05) is 85.6 Å². The van der Waals surface area contributed by atoms with Crippen molar-refractivity contribution in [3.05, 3.63) is 163 Å². The second kappa shape index (κ2) is 15.6. The molecular weight excluding hydrogens is 776 g/mol. The third-order valence-electron chi connectivity index (χ3n) is 9.25. The number of aromatic nitrogens is 10. The van der Waals surface area contributed by atoms with Gasteiger partial charge in [0.15, 0.2) is 21.1 Å². The zero-order chi connectivity index (χ0) is 37.8. The average molecular weight is 812 g/mol. The van der Waals surface area contributed by atoms with Crippen molar-refractivity contribution < 1.29 is 8.42 Å². The monoisotopic (exact) mass is 810 g/mol. The molecule has 0 atom stereocenters. The van der Waals surface area contributed by atoms with E-state index in [1.54, 1.807) is 52.0 Å². The Morgan fingerprint density at radius 2 is 1.16 bits per heavy atom. The second-order valence-corrected chi connectivity index (χ2v) is 15.9. The predicted molar refractivity (Wildman–Crippen MR) is 215 cm³/mol. The summed E-state index contributed by atoms with van der Waals surface area (Å²) in [5.41, 5.74) is 9.82. The van der Waals surface area contributed by atoms with Crippen LogP contribution in [0.2, 0.25) is 0 Å². The summed E-state index contributed by atoms with van der Waals surface area (Å²) in [5, 5.41) is 8.72. The van der Waals surface area contributed by atoms with Crippen molar-refractivity contribution in [1.29, 1.82) is 0 Å². The molecule has 0 unspecified atom stereocenters. The minimum atomic E-state index is -3.29. The molecule has 0 N–H and O–H groups in total. The van der Waals surface area contributed by atoms with Gasteiger partial charge in [-0.05, 0) is 68.7 Å². The maximum absolute atomic E-state index is 11.9. The van der Waals surface area contributed by atoms with Gasteiger partial charge in [-0.3, -0.25) is 0 Å². The zero-order valence-electron chi connectivity index (χ0n) is 29.8. The molecule has 55 heavy (non-hydrogen) atoms. The smallest absolute Gasteiger partial charge is 0.175 e. The molecule has 0 saturated heterocycles. The number of nitrogens with zero attached hydrogens (tertiary/aromatic N) is 10. The van der Waals surface area contributed by atoms with E-state index in [9.17, 15) is 8.42 Å². The minimum Gasteiger partial charge on any atom is -0.337 e. The summed E-state index contributed by atoms with van der Waals surface area (Å²) in [7, 11) is -3.29. The molecule has 0 radical (unpaired) electrons. The Balaban J connectivity index is 0.000000164. The summed E-state index contributed by atoms with van der Waals surface area (Å²) in [5.74, 6) is 0. The molecule has 0 amide bonds. The van der Waals surface area contributed by atoms with E-state index in [2.05, 4.69) is 104 Å². The Bertz CT molecular complexity index is 2800. The molecular formula is C41H35BrN10O2S. The van der Waals surface area contributed by atoms with Gasteiger partial charge in [-0.25, -0.2) is 37.4 Å². The molecule has 0 saturated carbocycles. The van der Waals surface area contributed by atoms with Crippen molar-refractivity contribution in [1.82, 2.24) is 48.3 Å². The van der Waals surface area contributed by atoms with Crippen molar-refractivity contribution in [2.24, 2.45) is 0 Å². The number of halogens is 1. The van der Waals surface area contributed by atoms with E-state index in [0.29, 0.717) is 5.65 Å². The molecule has 0 bridgehead atoms. The number of hydrogen-bond donors (Lipinski definition) is 0. The van der Waals surface area contributed by atoms with Gasteiger partial charge < -0.3 is 9.13 Å². The highest BCUT2D eigenvalue weighted by atomic mass is 79.9. The van der Waals surface area contributed by atoms with Gasteiger partial charge in [0.05, 0.1) is 34.4 Å². The van der Waals surface area contributed by atoms with E-state index >= 15 is 0 Å². The fourth-order valence-corrected chi connectivity index (χ4v) is 7.24. The van der Waals surface area contributed by atoms with Crippen LogP contribution in [0.5, 0.6) is 0 Å². The molecule has 12 nitrogen and oxygen atoms in total. The Hall–Kier alpha value is -6.25. The van der Waals surface area contributed by atoms with Crippen LogP contribution in [0.1, 0.15) is 11.1 Å². The largest absolute Gasteiger partial charge is 0.337 e. The second-order valence-electron chi connectivity index (χ2n) is 13.1. The van der Waals surface area contributed by atoms with Crippen molar-refractivity contribution in [2.45, 2.75) is 30.8 Å². The first-order valence-electron chi connectivity index (χ1n) is 17.5. The number of fused-ring (bicyclic) bond motifs is 2. The molecule has 0 aliphatic heterocycles. The van der Waals surface area contributed by atoms with Crippen LogP contribution in [0.4, 0.5) is 0 Å². The first kappa shape index (κ1) is 35.8. The van der Waals surface area contributed by atoms with Crippen molar-refractivity contribution >= 4 is 37.1 Å². The highest BCUT2D eigenvalue weighted by molar-refractivity contribution is 9.10. The SMILES string of the molecule is Brc1cnn2cc(-c3ccc(CCn4ccnc4)cc3)cnc12.CS(=O)(=O)c1cccc(-c2cnn3cc(-c4ccc(CCn5ccnc5)cc4)cnc23)c1. The topological polar surface area (TPSA) is 130 Å². The molecule has 0 aliphatic rings. The first-order chi connectivity index (χ1) is 26.8. The normalized spacial score (nSPS) is 11.5. The van der Waals surface area contributed by atoms with Crippen LogP contribution in [0.3, 0.4) is 0 Å². The summed E-state index contributed by atoms with van der Waals surface area (Å²) in [6.45, 7) is 1.83. The number of benzene rings is 3. The van der Waals surface area contributed by atoms with E-state index in [-0.39, 0.29) is 4.90 Å². The van der Waals surface area contributed by atoms with Gasteiger partial charge in [-0.15, -0.1) is 0 Å². The summed E-state index contributed by atoms with van der Waals surface area (Å²) < 4.78 is 32.4. The van der Waals surface area contributed by atoms with Crippen LogP contribution >= 0.6 is 15.9 Å². The molecule has 274 valence electrons. The minimum absolute atomic E-state index is 0.277. The quantitative estimate of drug-likeness (QED) is 0.139. The predicted octanol–water partition coefficient (Wildman–Crippen LogP) is 7.50. The number of hydrogen-bond acceptors (Lipinski definition) is 8. The molecule has 0 aliphatic carbocycles. The first-order valence-corrected chi connectivity index (χ1v) is 20.2. The van der Waals surface area contributed by atoms with Crippen molar-refractivity contribution in [3.63, 3.8) is 0 Å². The lowest BCUT2D eigenvalue weighted by molar-refractivity contribution is 0.602. The average Bonchev–Trinajstić information content (AvgIpc) is 4.05. The number of aryl methyl sites for hydroxylation is 4. The Morgan fingerprint density at radius 3 is 1.71 bits per heavy atom. The van der Waals surface area contributed by atoms with Crippen LogP contribution < -0.4 is 0 Å². The molecule has 9 rings (SSSR count). The van der Waals surface area contributed by atoms with Crippen molar-refractivity contribution in [2.75, 3.05) is 6.26 Å². The van der Waals surface area contributed by atoms with Gasteiger partial charge in [-0.2, -0.15) is 10.2 Å². The van der Waals surface area contributed by atoms with Gasteiger partial charge in [0.1, 0.15) is 0 Å². The van der Waals surface area contributed by atoms with Gasteiger partial charge in [0.2, 0.25) is 0 Å². The summed E-state index contributed by atoms with van der Waals surface area (Å²) in [6.07, 6.45) is 25.4. The van der Waals surface area contributed by atoms with Crippen LogP contribution in [-0.4, -0.2) is 63.0 Å². The molecule has 0 spiro atoms. The Kier molecular flexibility index (Phi) is 10.2. The molecule has 6 heterocycles. The van der Waals surface area contributed by atoms with Crippen molar-refractivity contribution in [3.8, 4) is 33.4 Å². The summed E-state index contributed by atoms with van der Waals surface area (Å²) in [4.78, 5) is 17.5. The van der Waals surface area contributed by atoms with Crippen LogP contribution in [0, 0.1) is 0 Å². The standard InChI is InChI=1S/C24H21N5O2S.C17H14BrN5/c1-32(30,31)22-4-2-3-20(13-22)23-15-27-29-16-21(14-26-24(23)29)19-7-5-18(6-8-19)9-11-28-12-10-25-17-28;18-16-10-21-23-11-15(9-20-17(16)23)14-3-1-13(2-4-14)5-7-22-8-6-19-12-22/h2-8,10,12-17H,9,11H2,1H3;1-4,6,8-12H,5,7H2.